The van der Waals surface area contributed by atoms with Gasteiger partial charge in [-0.3, -0.25) is 4.79 Å². The molecule has 0 spiro atoms. The van der Waals surface area contributed by atoms with Crippen LogP contribution in [0.25, 0.3) is 0 Å². The molecular weight excluding hydrogens is 407 g/mol. The Kier molecular flexibility index (Phi) is 6.11. The topological polar surface area (TPSA) is 66.5 Å². The zero-order valence-corrected chi connectivity index (χ0v) is 17.1. The van der Waals surface area contributed by atoms with Gasteiger partial charge in [0.15, 0.2) is 0 Å². The normalized spacial score (nSPS) is 18.3. The fourth-order valence-corrected chi connectivity index (χ4v) is 4.93. The molecule has 0 bridgehead atoms. The lowest BCUT2D eigenvalue weighted by Crippen LogP contribution is -2.43. The number of piperidine rings is 1. The van der Waals surface area contributed by atoms with Crippen molar-refractivity contribution in [2.75, 3.05) is 18.4 Å². The lowest BCUT2D eigenvalue weighted by atomic mass is 9.98. The third-order valence-electron chi connectivity index (χ3n) is 4.73. The number of anilines is 1. The van der Waals surface area contributed by atoms with Gasteiger partial charge in [-0.05, 0) is 61.7 Å². The van der Waals surface area contributed by atoms with Crippen molar-refractivity contribution < 1.29 is 13.2 Å². The highest BCUT2D eigenvalue weighted by molar-refractivity contribution is 7.89. The molecule has 1 unspecified atom stereocenters. The van der Waals surface area contributed by atoms with Gasteiger partial charge in [-0.2, -0.15) is 4.31 Å². The minimum atomic E-state index is -3.66. The summed E-state index contributed by atoms with van der Waals surface area (Å²) in [7, 11) is -3.66. The van der Waals surface area contributed by atoms with E-state index in [1.165, 1.54) is 16.4 Å². The molecule has 27 heavy (non-hydrogen) atoms. The molecule has 2 aromatic carbocycles. The Labute approximate surface area is 169 Å². The van der Waals surface area contributed by atoms with Crippen LogP contribution in [0.3, 0.4) is 0 Å². The highest BCUT2D eigenvalue weighted by Crippen LogP contribution is 2.27. The van der Waals surface area contributed by atoms with Crippen LogP contribution in [-0.4, -0.2) is 31.7 Å². The predicted molar refractivity (Wildman–Crippen MR) is 108 cm³/mol. The number of benzene rings is 2. The minimum Gasteiger partial charge on any atom is -0.326 e. The first-order chi connectivity index (χ1) is 12.8. The van der Waals surface area contributed by atoms with Gasteiger partial charge >= 0.3 is 0 Å². The van der Waals surface area contributed by atoms with E-state index in [9.17, 15) is 13.2 Å². The number of carbonyl (C=O) groups is 1. The second kappa shape index (κ2) is 8.19. The summed E-state index contributed by atoms with van der Waals surface area (Å²) in [5.74, 6) is -0.615. The lowest BCUT2D eigenvalue weighted by Gasteiger charge is -2.31. The molecule has 1 aliphatic heterocycles. The molecule has 1 atom stereocenters. The van der Waals surface area contributed by atoms with E-state index in [1.54, 1.807) is 30.3 Å². The standard InChI is InChI=1S/C19H20Cl2N2O3S/c1-13-17(21)5-2-6-18(13)22-19(24)14-4-3-11-23(12-14)27(25,26)16-9-7-15(20)8-10-16/h2,5-10,14H,3-4,11-12H2,1H3,(H,22,24). The second-order valence-electron chi connectivity index (χ2n) is 6.56. The molecular formula is C19H20Cl2N2O3S. The van der Waals surface area contributed by atoms with Crippen LogP contribution in [0, 0.1) is 12.8 Å². The highest BCUT2D eigenvalue weighted by Gasteiger charge is 2.33. The first kappa shape index (κ1) is 20.1. The van der Waals surface area contributed by atoms with Crippen LogP contribution in [0.4, 0.5) is 5.69 Å². The molecule has 0 aliphatic carbocycles. The number of sulfonamides is 1. The zero-order chi connectivity index (χ0) is 19.6. The van der Waals surface area contributed by atoms with Crippen molar-refractivity contribution in [3.63, 3.8) is 0 Å². The Hall–Kier alpha value is -1.60. The van der Waals surface area contributed by atoms with Crippen LogP contribution in [0.2, 0.25) is 10.0 Å². The second-order valence-corrected chi connectivity index (χ2v) is 9.34. The van der Waals surface area contributed by atoms with Crippen LogP contribution in [0.15, 0.2) is 47.4 Å². The van der Waals surface area contributed by atoms with E-state index in [0.29, 0.717) is 35.1 Å². The van der Waals surface area contributed by atoms with Crippen molar-refractivity contribution in [1.29, 1.82) is 0 Å². The van der Waals surface area contributed by atoms with Gasteiger partial charge in [-0.1, -0.05) is 29.3 Å². The first-order valence-electron chi connectivity index (χ1n) is 8.61. The molecule has 8 heteroatoms. The molecule has 1 saturated heterocycles. The van der Waals surface area contributed by atoms with Gasteiger partial charge in [0.1, 0.15) is 0 Å². The summed E-state index contributed by atoms with van der Waals surface area (Å²) in [6.45, 7) is 2.37. The smallest absolute Gasteiger partial charge is 0.243 e. The maximum atomic E-state index is 12.9. The molecule has 0 saturated carbocycles. The maximum Gasteiger partial charge on any atom is 0.243 e. The van der Waals surface area contributed by atoms with Gasteiger partial charge in [-0.15, -0.1) is 0 Å². The molecule has 2 aromatic rings. The van der Waals surface area contributed by atoms with E-state index in [4.69, 9.17) is 23.2 Å². The van der Waals surface area contributed by atoms with Crippen LogP contribution in [0.5, 0.6) is 0 Å². The molecule has 144 valence electrons. The largest absolute Gasteiger partial charge is 0.326 e. The van der Waals surface area contributed by atoms with Gasteiger partial charge in [0.2, 0.25) is 15.9 Å². The number of hydrogen-bond donors (Lipinski definition) is 1. The number of amides is 1. The van der Waals surface area contributed by atoms with Gasteiger partial charge in [0.05, 0.1) is 10.8 Å². The van der Waals surface area contributed by atoms with E-state index in [-0.39, 0.29) is 17.3 Å². The van der Waals surface area contributed by atoms with E-state index in [1.807, 2.05) is 6.92 Å². The quantitative estimate of drug-likeness (QED) is 0.790. The average molecular weight is 427 g/mol. The van der Waals surface area contributed by atoms with E-state index in [0.717, 1.165) is 5.56 Å². The van der Waals surface area contributed by atoms with Crippen molar-refractivity contribution in [3.8, 4) is 0 Å². The molecule has 1 N–H and O–H groups in total. The van der Waals surface area contributed by atoms with E-state index >= 15 is 0 Å². The predicted octanol–water partition coefficient (Wildman–Crippen LogP) is 4.34. The molecule has 1 amide bonds. The summed E-state index contributed by atoms with van der Waals surface area (Å²) in [4.78, 5) is 12.9. The monoisotopic (exact) mass is 426 g/mol. The fourth-order valence-electron chi connectivity index (χ4n) is 3.11. The van der Waals surface area contributed by atoms with Crippen LogP contribution >= 0.6 is 23.2 Å². The van der Waals surface area contributed by atoms with Crippen molar-refractivity contribution in [3.05, 3.63) is 58.1 Å². The molecule has 0 aromatic heterocycles. The minimum absolute atomic E-state index is 0.149. The Morgan fingerprint density at radius 1 is 1.15 bits per heavy atom. The third kappa shape index (κ3) is 4.46. The molecule has 3 rings (SSSR count). The Morgan fingerprint density at radius 2 is 1.85 bits per heavy atom. The van der Waals surface area contributed by atoms with Crippen molar-refractivity contribution >= 4 is 44.8 Å². The van der Waals surface area contributed by atoms with Crippen LogP contribution in [-0.2, 0) is 14.8 Å². The zero-order valence-electron chi connectivity index (χ0n) is 14.8. The summed E-state index contributed by atoms with van der Waals surface area (Å²) >= 11 is 11.9. The summed E-state index contributed by atoms with van der Waals surface area (Å²) in [5, 5.41) is 3.92. The van der Waals surface area contributed by atoms with Gasteiger partial charge < -0.3 is 5.32 Å². The number of rotatable bonds is 4. The lowest BCUT2D eigenvalue weighted by molar-refractivity contribution is -0.120. The van der Waals surface area contributed by atoms with Crippen molar-refractivity contribution in [1.82, 2.24) is 4.31 Å². The van der Waals surface area contributed by atoms with Gasteiger partial charge in [0.25, 0.3) is 0 Å². The number of carbonyl (C=O) groups excluding carboxylic acids is 1. The number of hydrogen-bond acceptors (Lipinski definition) is 3. The Balaban J connectivity index is 1.74. The first-order valence-corrected chi connectivity index (χ1v) is 10.8. The van der Waals surface area contributed by atoms with Crippen LogP contribution < -0.4 is 5.32 Å². The maximum absolute atomic E-state index is 12.9. The van der Waals surface area contributed by atoms with Gasteiger partial charge in [-0.25, -0.2) is 8.42 Å². The van der Waals surface area contributed by atoms with Crippen molar-refractivity contribution in [2.24, 2.45) is 5.92 Å². The summed E-state index contributed by atoms with van der Waals surface area (Å²) < 4.78 is 27.1. The van der Waals surface area contributed by atoms with Crippen LogP contribution in [0.1, 0.15) is 18.4 Å². The number of halogens is 2. The number of nitrogens with one attached hydrogen (secondary N) is 1. The number of nitrogens with zero attached hydrogens (tertiary/aromatic N) is 1. The molecule has 0 radical (unpaired) electrons. The Bertz CT molecular complexity index is 946. The molecule has 1 heterocycles. The van der Waals surface area contributed by atoms with E-state index in [2.05, 4.69) is 5.32 Å². The summed E-state index contributed by atoms with van der Waals surface area (Å²) in [5.41, 5.74) is 1.43. The SMILES string of the molecule is Cc1c(Cl)cccc1NC(=O)C1CCCN(S(=O)(=O)c2ccc(Cl)cc2)C1. The van der Waals surface area contributed by atoms with Crippen molar-refractivity contribution in [2.45, 2.75) is 24.7 Å². The fraction of sp³-hybridized carbons (Fsp3) is 0.316. The average Bonchev–Trinajstić information content (AvgIpc) is 2.66. The third-order valence-corrected chi connectivity index (χ3v) is 7.27. The summed E-state index contributed by atoms with van der Waals surface area (Å²) in [6.07, 6.45) is 1.26. The highest BCUT2D eigenvalue weighted by atomic mass is 35.5. The molecule has 5 nitrogen and oxygen atoms in total. The van der Waals surface area contributed by atoms with E-state index < -0.39 is 15.9 Å². The summed E-state index contributed by atoms with van der Waals surface area (Å²) in [6, 6.07) is 11.4. The van der Waals surface area contributed by atoms with Gasteiger partial charge in [0, 0.05) is 28.8 Å². The molecule has 1 aliphatic rings. The Morgan fingerprint density at radius 3 is 2.56 bits per heavy atom. The molecule has 1 fully saturated rings.